The minimum absolute atomic E-state index is 0.355. The molecule has 0 saturated heterocycles. The number of hydrogen-bond donors (Lipinski definition) is 2. The number of amides is 1. The molecule has 0 aliphatic carbocycles. The van der Waals surface area contributed by atoms with Gasteiger partial charge in [0.15, 0.2) is 0 Å². The molecule has 21 heavy (non-hydrogen) atoms. The second kappa shape index (κ2) is 7.06. The lowest BCUT2D eigenvalue weighted by Gasteiger charge is -2.30. The normalized spacial score (nSPS) is 13.8. The Morgan fingerprint density at radius 1 is 1.43 bits per heavy atom. The maximum absolute atomic E-state index is 12.0. The maximum atomic E-state index is 12.0. The highest BCUT2D eigenvalue weighted by Gasteiger charge is 2.36. The highest BCUT2D eigenvalue weighted by Crippen LogP contribution is 2.30. The van der Waals surface area contributed by atoms with Crippen molar-refractivity contribution < 1.29 is 4.79 Å². The van der Waals surface area contributed by atoms with E-state index < -0.39 is 5.54 Å². The van der Waals surface area contributed by atoms with Gasteiger partial charge in [-0.05, 0) is 26.0 Å². The zero-order valence-corrected chi connectivity index (χ0v) is 13.8. The van der Waals surface area contributed by atoms with Crippen LogP contribution in [0.5, 0.6) is 0 Å². The molecule has 2 rings (SSSR count). The first-order chi connectivity index (χ1) is 10.1. The molecule has 3 N–H and O–H groups in total. The first-order valence-corrected chi connectivity index (χ1v) is 8.54. The monoisotopic (exact) mass is 321 g/mol. The summed E-state index contributed by atoms with van der Waals surface area (Å²) in [4.78, 5) is 16.5. The maximum Gasteiger partial charge on any atom is 0.242 e. The van der Waals surface area contributed by atoms with Gasteiger partial charge >= 0.3 is 0 Å². The second-order valence-corrected chi connectivity index (χ2v) is 6.94. The quantitative estimate of drug-likeness (QED) is 0.769. The van der Waals surface area contributed by atoms with Crippen molar-refractivity contribution in [2.75, 3.05) is 12.8 Å². The molecule has 4 nitrogen and oxygen atoms in total. The van der Waals surface area contributed by atoms with Crippen molar-refractivity contribution in [1.29, 1.82) is 0 Å². The fraction of sp³-hybridized carbons (Fsp3) is 0.333. The molecule has 0 bridgehead atoms. The van der Waals surface area contributed by atoms with Crippen LogP contribution in [0.1, 0.15) is 17.7 Å². The summed E-state index contributed by atoms with van der Waals surface area (Å²) in [7, 11) is 1.77. The van der Waals surface area contributed by atoms with Gasteiger partial charge in [-0.3, -0.25) is 4.79 Å². The molecule has 2 aromatic rings. The summed E-state index contributed by atoms with van der Waals surface area (Å²) >= 11 is 3.28. The lowest BCUT2D eigenvalue weighted by molar-refractivity contribution is -0.124. The summed E-state index contributed by atoms with van der Waals surface area (Å²) in [5.74, 6) is 0.415. The van der Waals surface area contributed by atoms with Gasteiger partial charge in [-0.1, -0.05) is 42.1 Å². The zero-order chi connectivity index (χ0) is 15.3. The van der Waals surface area contributed by atoms with Gasteiger partial charge in [-0.2, -0.15) is 0 Å². The number of aromatic nitrogens is 1. The number of nitrogens with one attached hydrogen (secondary N) is 1. The van der Waals surface area contributed by atoms with Crippen molar-refractivity contribution in [2.24, 2.45) is 5.73 Å². The van der Waals surface area contributed by atoms with Crippen LogP contribution in [-0.2, 0) is 10.3 Å². The standard InChI is InChI=1S/C15H19N3OS2/c1-11-10-21-14(18-11)20-9-8-15(17-2,13(16)19)12-6-4-3-5-7-12/h3-7,10,17H,8-9H2,1-2H3,(H2,16,19). The lowest BCUT2D eigenvalue weighted by Crippen LogP contribution is -2.51. The van der Waals surface area contributed by atoms with E-state index in [1.807, 2.05) is 42.6 Å². The molecule has 1 aromatic heterocycles. The highest BCUT2D eigenvalue weighted by molar-refractivity contribution is 8.01. The average Bonchev–Trinajstić information content (AvgIpc) is 2.90. The minimum Gasteiger partial charge on any atom is -0.368 e. The minimum atomic E-state index is -0.833. The Morgan fingerprint density at radius 3 is 2.67 bits per heavy atom. The van der Waals surface area contributed by atoms with Crippen molar-refractivity contribution in [3.05, 3.63) is 47.0 Å². The van der Waals surface area contributed by atoms with Crippen LogP contribution in [0.2, 0.25) is 0 Å². The third-order valence-corrected chi connectivity index (χ3v) is 5.56. The number of aryl methyl sites for hydroxylation is 1. The Bertz CT molecular complexity index is 600. The number of thioether (sulfide) groups is 1. The van der Waals surface area contributed by atoms with Crippen molar-refractivity contribution in [3.8, 4) is 0 Å². The van der Waals surface area contributed by atoms with Crippen molar-refractivity contribution in [2.45, 2.75) is 23.2 Å². The first-order valence-electron chi connectivity index (χ1n) is 6.68. The Morgan fingerprint density at radius 2 is 2.14 bits per heavy atom. The van der Waals surface area contributed by atoms with Crippen LogP contribution in [0.25, 0.3) is 0 Å². The zero-order valence-electron chi connectivity index (χ0n) is 12.1. The first kappa shape index (κ1) is 16.0. The van der Waals surface area contributed by atoms with Crippen molar-refractivity contribution in [1.82, 2.24) is 10.3 Å². The van der Waals surface area contributed by atoms with Gasteiger partial charge in [-0.15, -0.1) is 11.3 Å². The fourth-order valence-electron chi connectivity index (χ4n) is 2.22. The number of carbonyl (C=O) groups is 1. The molecule has 1 heterocycles. The number of hydrogen-bond acceptors (Lipinski definition) is 5. The van der Waals surface area contributed by atoms with Crippen LogP contribution in [0.4, 0.5) is 0 Å². The molecule has 112 valence electrons. The van der Waals surface area contributed by atoms with E-state index in [2.05, 4.69) is 10.3 Å². The molecule has 0 spiro atoms. The van der Waals surface area contributed by atoms with E-state index in [1.54, 1.807) is 30.1 Å². The molecule has 0 fully saturated rings. The number of benzene rings is 1. The van der Waals surface area contributed by atoms with Crippen LogP contribution in [0.3, 0.4) is 0 Å². The van der Waals surface area contributed by atoms with E-state index in [-0.39, 0.29) is 5.91 Å². The van der Waals surface area contributed by atoms with Crippen molar-refractivity contribution >= 4 is 29.0 Å². The van der Waals surface area contributed by atoms with Crippen LogP contribution in [-0.4, -0.2) is 23.7 Å². The van der Waals surface area contributed by atoms with E-state index in [0.717, 1.165) is 21.3 Å². The van der Waals surface area contributed by atoms with E-state index in [9.17, 15) is 4.79 Å². The van der Waals surface area contributed by atoms with Gasteiger partial charge in [0.1, 0.15) is 9.88 Å². The molecular weight excluding hydrogens is 302 g/mol. The second-order valence-electron chi connectivity index (χ2n) is 4.74. The molecule has 0 saturated carbocycles. The fourth-order valence-corrected chi connectivity index (χ4v) is 4.19. The number of primary amides is 1. The summed E-state index contributed by atoms with van der Waals surface area (Å²) in [5, 5.41) is 5.14. The van der Waals surface area contributed by atoms with Crippen LogP contribution < -0.4 is 11.1 Å². The summed E-state index contributed by atoms with van der Waals surface area (Å²) in [5.41, 5.74) is 6.77. The molecule has 6 heteroatoms. The Balaban J connectivity index is 2.12. The SMILES string of the molecule is CNC(CCSc1nc(C)cs1)(C(N)=O)c1ccccc1. The van der Waals surface area contributed by atoms with Crippen molar-refractivity contribution in [3.63, 3.8) is 0 Å². The van der Waals surface area contributed by atoms with Crippen LogP contribution in [0, 0.1) is 6.92 Å². The van der Waals surface area contributed by atoms with Gasteiger partial charge in [0.2, 0.25) is 5.91 Å². The number of thiazole rings is 1. The smallest absolute Gasteiger partial charge is 0.242 e. The largest absolute Gasteiger partial charge is 0.368 e. The van der Waals surface area contributed by atoms with E-state index in [0.29, 0.717) is 6.42 Å². The predicted molar refractivity (Wildman–Crippen MR) is 88.6 cm³/mol. The Kier molecular flexibility index (Phi) is 5.39. The molecule has 1 unspecified atom stereocenters. The summed E-state index contributed by atoms with van der Waals surface area (Å²) in [6, 6.07) is 9.63. The average molecular weight is 321 g/mol. The third-order valence-electron chi connectivity index (χ3n) is 3.41. The number of nitrogens with two attached hydrogens (primary N) is 1. The van der Waals surface area contributed by atoms with E-state index >= 15 is 0 Å². The Hall–Kier alpha value is -1.37. The molecule has 0 aliphatic rings. The number of rotatable bonds is 7. The summed E-state index contributed by atoms with van der Waals surface area (Å²) < 4.78 is 1.02. The molecule has 1 aromatic carbocycles. The van der Waals surface area contributed by atoms with Crippen LogP contribution in [0.15, 0.2) is 40.1 Å². The molecule has 1 atom stereocenters. The summed E-state index contributed by atoms with van der Waals surface area (Å²) in [6.07, 6.45) is 0.617. The number of likely N-dealkylation sites (N-methyl/N-ethyl adjacent to an activating group) is 1. The molecule has 1 amide bonds. The number of nitrogens with zero attached hydrogens (tertiary/aromatic N) is 1. The van der Waals surface area contributed by atoms with E-state index in [1.165, 1.54) is 0 Å². The number of carbonyl (C=O) groups excluding carboxylic acids is 1. The molecule has 0 aliphatic heterocycles. The Labute approximate surface area is 133 Å². The van der Waals surface area contributed by atoms with Gasteiger partial charge < -0.3 is 11.1 Å². The predicted octanol–water partition coefficient (Wildman–Crippen LogP) is 2.53. The topological polar surface area (TPSA) is 68.0 Å². The van der Waals surface area contributed by atoms with Gasteiger partial charge in [-0.25, -0.2) is 4.98 Å². The lowest BCUT2D eigenvalue weighted by atomic mass is 9.86. The molecular formula is C15H19N3OS2. The highest BCUT2D eigenvalue weighted by atomic mass is 32.2. The van der Waals surface area contributed by atoms with Gasteiger partial charge in [0.05, 0.1) is 0 Å². The van der Waals surface area contributed by atoms with Gasteiger partial charge in [0.25, 0.3) is 0 Å². The van der Waals surface area contributed by atoms with Gasteiger partial charge in [0, 0.05) is 16.8 Å². The van der Waals surface area contributed by atoms with Crippen LogP contribution >= 0.6 is 23.1 Å². The van der Waals surface area contributed by atoms with E-state index in [4.69, 9.17) is 5.73 Å². The third kappa shape index (κ3) is 3.64. The molecule has 0 radical (unpaired) electrons. The summed E-state index contributed by atoms with van der Waals surface area (Å²) in [6.45, 7) is 1.98.